The van der Waals surface area contributed by atoms with Crippen molar-refractivity contribution >= 4 is 11.5 Å². The first-order valence-corrected chi connectivity index (χ1v) is 5.68. The first kappa shape index (κ1) is 12.1. The van der Waals surface area contributed by atoms with Crippen LogP contribution < -0.4 is 5.32 Å². The molecule has 2 rings (SSSR count). The number of rotatable bonds is 2. The van der Waals surface area contributed by atoms with Crippen molar-refractivity contribution in [2.75, 3.05) is 5.32 Å². The lowest BCUT2D eigenvalue weighted by Crippen LogP contribution is -2.00. The molecule has 4 heteroatoms. The number of hydrogen-bond acceptors (Lipinski definition) is 4. The molecule has 4 nitrogen and oxygen atoms in total. The molecule has 1 aromatic carbocycles. The number of aromatic nitrogens is 2. The van der Waals surface area contributed by atoms with Crippen molar-refractivity contribution in [3.8, 4) is 6.07 Å². The second kappa shape index (κ2) is 4.84. The molecule has 1 heterocycles. The number of hydrogen-bond donors (Lipinski definition) is 1. The standard InChI is InChI=1S/C14H14N4/c1-9-4-5-13(6-10(9)2)18-14-12(7-15)8-16-11(3)17-14/h4-6,8H,1-3H3,(H,16,17,18). The Kier molecular flexibility index (Phi) is 3.24. The molecule has 0 aliphatic heterocycles. The van der Waals surface area contributed by atoms with Gasteiger partial charge in [0.15, 0.2) is 5.82 Å². The fraction of sp³-hybridized carbons (Fsp3) is 0.214. The molecule has 0 fully saturated rings. The van der Waals surface area contributed by atoms with Gasteiger partial charge < -0.3 is 5.32 Å². The van der Waals surface area contributed by atoms with Crippen molar-refractivity contribution in [2.24, 2.45) is 0 Å². The maximum absolute atomic E-state index is 9.02. The summed E-state index contributed by atoms with van der Waals surface area (Å²) < 4.78 is 0. The molecule has 0 saturated heterocycles. The zero-order valence-electron chi connectivity index (χ0n) is 10.7. The molecule has 2 aromatic rings. The minimum Gasteiger partial charge on any atom is -0.339 e. The summed E-state index contributed by atoms with van der Waals surface area (Å²) in [5.41, 5.74) is 3.80. The highest BCUT2D eigenvalue weighted by atomic mass is 15.0. The van der Waals surface area contributed by atoms with Crippen LogP contribution in [0.3, 0.4) is 0 Å². The molecule has 0 aliphatic rings. The van der Waals surface area contributed by atoms with Crippen LogP contribution >= 0.6 is 0 Å². The largest absolute Gasteiger partial charge is 0.339 e. The zero-order valence-corrected chi connectivity index (χ0v) is 10.7. The van der Waals surface area contributed by atoms with Gasteiger partial charge in [-0.1, -0.05) is 6.07 Å². The van der Waals surface area contributed by atoms with Crippen LogP contribution in [0.4, 0.5) is 11.5 Å². The number of benzene rings is 1. The van der Waals surface area contributed by atoms with Crippen LogP contribution in [0.25, 0.3) is 0 Å². The fourth-order valence-electron chi connectivity index (χ4n) is 1.60. The highest BCUT2D eigenvalue weighted by Crippen LogP contribution is 2.20. The lowest BCUT2D eigenvalue weighted by molar-refractivity contribution is 1.05. The lowest BCUT2D eigenvalue weighted by atomic mass is 10.1. The summed E-state index contributed by atoms with van der Waals surface area (Å²) in [6, 6.07) is 8.13. The van der Waals surface area contributed by atoms with E-state index in [-0.39, 0.29) is 0 Å². The normalized spacial score (nSPS) is 9.89. The van der Waals surface area contributed by atoms with Crippen molar-refractivity contribution < 1.29 is 0 Å². The van der Waals surface area contributed by atoms with Crippen molar-refractivity contribution in [1.82, 2.24) is 9.97 Å². The van der Waals surface area contributed by atoms with E-state index in [0.717, 1.165) is 5.69 Å². The third-order valence-corrected chi connectivity index (χ3v) is 2.80. The van der Waals surface area contributed by atoms with E-state index in [0.29, 0.717) is 17.2 Å². The second-order valence-corrected chi connectivity index (χ2v) is 4.22. The highest BCUT2D eigenvalue weighted by Gasteiger charge is 2.05. The molecule has 0 spiro atoms. The lowest BCUT2D eigenvalue weighted by Gasteiger charge is -2.09. The summed E-state index contributed by atoms with van der Waals surface area (Å²) in [4.78, 5) is 8.26. The van der Waals surface area contributed by atoms with Gasteiger partial charge in [-0.05, 0) is 44.0 Å². The van der Waals surface area contributed by atoms with Gasteiger partial charge in [0.05, 0.1) is 6.20 Å². The maximum Gasteiger partial charge on any atom is 0.152 e. The van der Waals surface area contributed by atoms with Gasteiger partial charge in [-0.2, -0.15) is 5.26 Å². The summed E-state index contributed by atoms with van der Waals surface area (Å²) in [6.45, 7) is 5.92. The van der Waals surface area contributed by atoms with Gasteiger partial charge in [-0.3, -0.25) is 0 Å². The van der Waals surface area contributed by atoms with Crippen molar-refractivity contribution in [3.05, 3.63) is 46.9 Å². The van der Waals surface area contributed by atoms with Crippen molar-refractivity contribution in [2.45, 2.75) is 20.8 Å². The Morgan fingerprint density at radius 3 is 2.61 bits per heavy atom. The molecule has 0 bridgehead atoms. The Hall–Kier alpha value is -2.41. The monoisotopic (exact) mass is 238 g/mol. The SMILES string of the molecule is Cc1ncc(C#N)c(Nc2ccc(C)c(C)c2)n1. The average molecular weight is 238 g/mol. The van der Waals surface area contributed by atoms with Crippen LogP contribution in [-0.4, -0.2) is 9.97 Å². The van der Waals surface area contributed by atoms with Gasteiger partial charge in [0.25, 0.3) is 0 Å². The first-order valence-electron chi connectivity index (χ1n) is 5.68. The minimum atomic E-state index is 0.443. The molecule has 0 aliphatic carbocycles. The Morgan fingerprint density at radius 1 is 1.17 bits per heavy atom. The Balaban J connectivity index is 2.36. The van der Waals surface area contributed by atoms with Crippen LogP contribution in [0.2, 0.25) is 0 Å². The van der Waals surface area contributed by atoms with Crippen LogP contribution in [0.1, 0.15) is 22.5 Å². The molecule has 0 atom stereocenters. The van der Waals surface area contributed by atoms with Crippen LogP contribution in [-0.2, 0) is 0 Å². The van der Waals surface area contributed by atoms with Crippen LogP contribution in [0, 0.1) is 32.1 Å². The molecular weight excluding hydrogens is 224 g/mol. The van der Waals surface area contributed by atoms with E-state index >= 15 is 0 Å². The molecule has 0 saturated carbocycles. The molecule has 1 aromatic heterocycles. The number of aryl methyl sites for hydroxylation is 3. The Morgan fingerprint density at radius 2 is 1.94 bits per heavy atom. The predicted octanol–water partition coefficient (Wildman–Crippen LogP) is 3.02. The zero-order chi connectivity index (χ0) is 13.1. The molecular formula is C14H14N4. The average Bonchev–Trinajstić information content (AvgIpc) is 2.34. The molecule has 0 radical (unpaired) electrons. The van der Waals surface area contributed by atoms with Crippen molar-refractivity contribution in [1.29, 1.82) is 5.26 Å². The van der Waals surface area contributed by atoms with Gasteiger partial charge in [0.1, 0.15) is 17.5 Å². The second-order valence-electron chi connectivity index (χ2n) is 4.22. The minimum absolute atomic E-state index is 0.443. The summed E-state index contributed by atoms with van der Waals surface area (Å²) in [7, 11) is 0. The predicted molar refractivity (Wildman–Crippen MR) is 70.7 cm³/mol. The van der Waals surface area contributed by atoms with E-state index in [4.69, 9.17) is 5.26 Å². The van der Waals surface area contributed by atoms with E-state index in [1.54, 1.807) is 6.92 Å². The number of nitriles is 1. The van der Waals surface area contributed by atoms with E-state index in [1.165, 1.54) is 17.3 Å². The van der Waals surface area contributed by atoms with E-state index < -0.39 is 0 Å². The topological polar surface area (TPSA) is 61.6 Å². The summed E-state index contributed by atoms with van der Waals surface area (Å²) in [5.74, 6) is 1.19. The number of nitrogens with zero attached hydrogens (tertiary/aromatic N) is 3. The van der Waals surface area contributed by atoms with E-state index in [1.807, 2.05) is 18.2 Å². The van der Waals surface area contributed by atoms with Gasteiger partial charge in [0.2, 0.25) is 0 Å². The third-order valence-electron chi connectivity index (χ3n) is 2.80. The fourth-order valence-corrected chi connectivity index (χ4v) is 1.60. The Bertz CT molecular complexity index is 626. The van der Waals surface area contributed by atoms with Crippen LogP contribution in [0.5, 0.6) is 0 Å². The maximum atomic E-state index is 9.02. The van der Waals surface area contributed by atoms with Crippen molar-refractivity contribution in [3.63, 3.8) is 0 Å². The van der Waals surface area contributed by atoms with Crippen LogP contribution in [0.15, 0.2) is 24.4 Å². The third kappa shape index (κ3) is 2.46. The molecule has 90 valence electrons. The molecule has 18 heavy (non-hydrogen) atoms. The van der Waals surface area contributed by atoms with Gasteiger partial charge in [0, 0.05) is 5.69 Å². The van der Waals surface area contributed by atoms with Gasteiger partial charge in [-0.15, -0.1) is 0 Å². The highest BCUT2D eigenvalue weighted by molar-refractivity contribution is 5.63. The van der Waals surface area contributed by atoms with E-state index in [2.05, 4.69) is 35.2 Å². The summed E-state index contributed by atoms with van der Waals surface area (Å²) >= 11 is 0. The number of anilines is 2. The van der Waals surface area contributed by atoms with E-state index in [9.17, 15) is 0 Å². The summed E-state index contributed by atoms with van der Waals surface area (Å²) in [6.07, 6.45) is 1.53. The van der Waals surface area contributed by atoms with Gasteiger partial charge in [-0.25, -0.2) is 9.97 Å². The molecule has 0 amide bonds. The summed E-state index contributed by atoms with van der Waals surface area (Å²) in [5, 5.41) is 12.2. The smallest absolute Gasteiger partial charge is 0.152 e. The number of nitrogens with one attached hydrogen (secondary N) is 1. The first-order chi connectivity index (χ1) is 8.60. The molecule has 0 unspecified atom stereocenters. The Labute approximate surface area is 106 Å². The van der Waals surface area contributed by atoms with Gasteiger partial charge >= 0.3 is 0 Å². The quantitative estimate of drug-likeness (QED) is 0.873. The molecule has 1 N–H and O–H groups in total.